The molecular weight excluding hydrogens is 324 g/mol. The summed E-state index contributed by atoms with van der Waals surface area (Å²) in [5.74, 6) is 0. The van der Waals surface area contributed by atoms with Crippen LogP contribution in [0.1, 0.15) is 5.56 Å². The van der Waals surface area contributed by atoms with Gasteiger partial charge in [-0.25, -0.2) is 0 Å². The lowest BCUT2D eigenvalue weighted by atomic mass is 10.2. The first-order valence-corrected chi connectivity index (χ1v) is 7.81. The van der Waals surface area contributed by atoms with Crippen LogP contribution in [0, 0.1) is 0 Å². The van der Waals surface area contributed by atoms with E-state index in [0.717, 1.165) is 21.6 Å². The van der Waals surface area contributed by atoms with Crippen molar-refractivity contribution in [3.63, 3.8) is 0 Å². The smallest absolute Gasteiger partial charge is 0.175 e. The summed E-state index contributed by atoms with van der Waals surface area (Å²) in [5.41, 5.74) is 2.21. The van der Waals surface area contributed by atoms with Gasteiger partial charge in [-0.1, -0.05) is 30.3 Å². The van der Waals surface area contributed by atoms with Crippen LogP contribution in [0.4, 0.5) is 5.69 Å². The minimum Gasteiger partial charge on any atom is -0.593 e. The summed E-state index contributed by atoms with van der Waals surface area (Å²) in [6.45, 7) is 0.758. The molecule has 1 atom stereocenters. The third-order valence-corrected chi connectivity index (χ3v) is 4.37. The number of nitrogens with one attached hydrogen (secondary N) is 2. The number of benzene rings is 2. The molecule has 0 saturated carbocycles. The summed E-state index contributed by atoms with van der Waals surface area (Å²) in [4.78, 5) is 0.750. The molecule has 0 radical (unpaired) electrons. The van der Waals surface area contributed by atoms with Crippen LogP contribution in [0.15, 0.2) is 57.9 Å². The van der Waals surface area contributed by atoms with Gasteiger partial charge in [-0.2, -0.15) is 0 Å². The Labute approximate surface area is 124 Å². The molecule has 0 aliphatic carbocycles. The lowest BCUT2D eigenvalue weighted by molar-refractivity contribution is 0.587. The molecule has 0 spiro atoms. The van der Waals surface area contributed by atoms with Gasteiger partial charge in [0, 0.05) is 29.8 Å². The predicted molar refractivity (Wildman–Crippen MR) is 83.4 cm³/mol. The molecule has 19 heavy (non-hydrogen) atoms. The maximum Gasteiger partial charge on any atom is 0.175 e. The highest BCUT2D eigenvalue weighted by atomic mass is 79.9. The van der Waals surface area contributed by atoms with Gasteiger partial charge in [0.2, 0.25) is 0 Å². The normalized spacial score (nSPS) is 12.2. The maximum atomic E-state index is 11.6. The molecular formula is C14H15BrN2OS. The highest BCUT2D eigenvalue weighted by Crippen LogP contribution is 2.26. The van der Waals surface area contributed by atoms with Crippen molar-refractivity contribution in [2.45, 2.75) is 11.4 Å². The second-order valence-corrected chi connectivity index (χ2v) is 6.23. The van der Waals surface area contributed by atoms with Crippen LogP contribution in [0.5, 0.6) is 0 Å². The van der Waals surface area contributed by atoms with Crippen molar-refractivity contribution in [1.29, 1.82) is 0 Å². The van der Waals surface area contributed by atoms with Gasteiger partial charge in [-0.3, -0.25) is 0 Å². The van der Waals surface area contributed by atoms with E-state index in [1.807, 2.05) is 36.4 Å². The molecule has 2 aromatic rings. The summed E-state index contributed by atoms with van der Waals surface area (Å²) in [6, 6.07) is 15.8. The van der Waals surface area contributed by atoms with Gasteiger partial charge in [0.1, 0.15) is 0 Å². The average Bonchev–Trinajstić information content (AvgIpc) is 2.46. The van der Waals surface area contributed by atoms with E-state index in [2.05, 4.69) is 38.1 Å². The largest absolute Gasteiger partial charge is 0.593 e. The monoisotopic (exact) mass is 338 g/mol. The van der Waals surface area contributed by atoms with E-state index in [4.69, 9.17) is 0 Å². The summed E-state index contributed by atoms with van der Waals surface area (Å²) in [5, 5.41) is 3.35. The Balaban J connectivity index is 2.05. The van der Waals surface area contributed by atoms with Crippen molar-refractivity contribution in [3.05, 3.63) is 58.6 Å². The van der Waals surface area contributed by atoms with Crippen LogP contribution in [0.3, 0.4) is 0 Å². The number of rotatable bonds is 5. The van der Waals surface area contributed by atoms with E-state index < -0.39 is 11.4 Å². The van der Waals surface area contributed by atoms with Crippen molar-refractivity contribution in [2.75, 3.05) is 12.4 Å². The van der Waals surface area contributed by atoms with Crippen LogP contribution in [-0.2, 0) is 17.9 Å². The van der Waals surface area contributed by atoms with Gasteiger partial charge in [0.25, 0.3) is 0 Å². The molecule has 5 heteroatoms. The minimum atomic E-state index is -1.16. The lowest BCUT2D eigenvalue weighted by Gasteiger charge is -2.11. The molecule has 100 valence electrons. The molecule has 0 bridgehead atoms. The number of anilines is 1. The molecule has 0 saturated heterocycles. The molecule has 0 aliphatic rings. The Morgan fingerprint density at radius 3 is 2.53 bits per heavy atom. The Hall–Kier alpha value is -1.01. The fourth-order valence-corrected chi connectivity index (χ4v) is 2.99. The molecule has 0 aliphatic heterocycles. The SMILES string of the molecule is CN[S+]([O-])c1ccc(NCc2ccccc2)c(Br)c1. The predicted octanol–water partition coefficient (Wildman–Crippen LogP) is 3.30. The van der Waals surface area contributed by atoms with Crippen LogP contribution in [0.25, 0.3) is 0 Å². The zero-order valence-corrected chi connectivity index (χ0v) is 12.9. The van der Waals surface area contributed by atoms with Crippen molar-refractivity contribution in [3.8, 4) is 0 Å². The number of hydrogen-bond donors (Lipinski definition) is 2. The van der Waals surface area contributed by atoms with Crippen molar-refractivity contribution in [1.82, 2.24) is 4.72 Å². The first kappa shape index (κ1) is 14.4. The summed E-state index contributed by atoms with van der Waals surface area (Å²) in [7, 11) is 1.67. The molecule has 0 heterocycles. The van der Waals surface area contributed by atoms with Crippen LogP contribution in [-0.4, -0.2) is 11.6 Å². The Morgan fingerprint density at radius 1 is 1.16 bits per heavy atom. The fraction of sp³-hybridized carbons (Fsp3) is 0.143. The summed E-state index contributed by atoms with van der Waals surface area (Å²) < 4.78 is 15.2. The van der Waals surface area contributed by atoms with Crippen molar-refractivity contribution in [2.24, 2.45) is 0 Å². The number of halogens is 1. The molecule has 2 N–H and O–H groups in total. The van der Waals surface area contributed by atoms with E-state index in [-0.39, 0.29) is 0 Å². The van der Waals surface area contributed by atoms with Crippen molar-refractivity contribution < 1.29 is 4.55 Å². The second-order valence-electron chi connectivity index (χ2n) is 3.95. The first-order valence-electron chi connectivity index (χ1n) is 5.87. The molecule has 1 unspecified atom stereocenters. The Kier molecular flexibility index (Phi) is 5.27. The third-order valence-electron chi connectivity index (χ3n) is 2.67. The molecule has 2 aromatic carbocycles. The average molecular weight is 339 g/mol. The van der Waals surface area contributed by atoms with E-state index in [1.165, 1.54) is 5.56 Å². The minimum absolute atomic E-state index is 0.750. The van der Waals surface area contributed by atoms with E-state index in [0.29, 0.717) is 0 Å². The van der Waals surface area contributed by atoms with Gasteiger partial charge >= 0.3 is 0 Å². The van der Waals surface area contributed by atoms with Crippen LogP contribution >= 0.6 is 15.9 Å². The Morgan fingerprint density at radius 2 is 1.89 bits per heavy atom. The lowest BCUT2D eigenvalue weighted by Crippen LogP contribution is -2.18. The second kappa shape index (κ2) is 6.96. The quantitative estimate of drug-likeness (QED) is 0.822. The zero-order chi connectivity index (χ0) is 13.7. The standard InChI is InChI=1S/C14H15BrN2OS/c1-16-19(18)12-7-8-14(13(15)9-12)17-10-11-5-3-2-4-6-11/h2-9,16-17H,10H2,1H3. The zero-order valence-electron chi connectivity index (χ0n) is 10.5. The fourth-order valence-electron chi connectivity index (χ4n) is 1.67. The van der Waals surface area contributed by atoms with Gasteiger partial charge in [0.05, 0.1) is 11.4 Å². The molecule has 0 amide bonds. The summed E-state index contributed by atoms with van der Waals surface area (Å²) in [6.07, 6.45) is 0. The van der Waals surface area contributed by atoms with E-state index >= 15 is 0 Å². The topological polar surface area (TPSA) is 47.1 Å². The van der Waals surface area contributed by atoms with E-state index in [1.54, 1.807) is 7.05 Å². The molecule has 0 aromatic heterocycles. The highest BCUT2D eigenvalue weighted by molar-refractivity contribution is 9.10. The molecule has 0 fully saturated rings. The summed E-state index contributed by atoms with van der Waals surface area (Å²) >= 11 is 2.34. The van der Waals surface area contributed by atoms with Crippen LogP contribution < -0.4 is 10.0 Å². The van der Waals surface area contributed by atoms with Gasteiger partial charge in [-0.05, 0) is 33.6 Å². The van der Waals surface area contributed by atoms with Crippen LogP contribution in [0.2, 0.25) is 0 Å². The van der Waals surface area contributed by atoms with Gasteiger partial charge in [0.15, 0.2) is 4.90 Å². The third kappa shape index (κ3) is 3.98. The molecule has 3 nitrogen and oxygen atoms in total. The van der Waals surface area contributed by atoms with E-state index in [9.17, 15) is 4.55 Å². The van der Waals surface area contributed by atoms with Gasteiger partial charge < -0.3 is 9.87 Å². The Bertz CT molecular complexity index is 536. The first-order chi connectivity index (χ1) is 9.20. The van der Waals surface area contributed by atoms with Gasteiger partial charge in [-0.15, -0.1) is 4.72 Å². The number of hydrogen-bond acceptors (Lipinski definition) is 3. The maximum absolute atomic E-state index is 11.6. The highest BCUT2D eigenvalue weighted by Gasteiger charge is 2.11. The van der Waals surface area contributed by atoms with Crippen molar-refractivity contribution >= 4 is 33.0 Å². The molecule has 2 rings (SSSR count).